The highest BCUT2D eigenvalue weighted by Gasteiger charge is 2.22. The number of aromatic nitrogens is 1. The highest BCUT2D eigenvalue weighted by molar-refractivity contribution is 7.08. The first-order chi connectivity index (χ1) is 12.7. The normalized spacial score (nSPS) is 11.0. The molecule has 0 unspecified atom stereocenters. The van der Waals surface area contributed by atoms with E-state index in [9.17, 15) is 14.4 Å². The summed E-state index contributed by atoms with van der Waals surface area (Å²) in [6, 6.07) is 3.45. The summed E-state index contributed by atoms with van der Waals surface area (Å²) in [5.74, 6) is -0.405. The van der Waals surface area contributed by atoms with Crippen LogP contribution >= 0.6 is 11.3 Å². The standard InChI is InChI=1S/C20H27N3O3S/c1-13(2)5-7-23-14(3)16(20(21)26)10-17(23)18(24)11-22(4)19(25)9-15-6-8-27-12-15/h6,8,10,12-13H,5,7,9,11H2,1-4H3,(H2,21,26). The maximum Gasteiger partial charge on any atom is 0.250 e. The van der Waals surface area contributed by atoms with E-state index in [0.29, 0.717) is 29.4 Å². The van der Waals surface area contributed by atoms with Gasteiger partial charge in [-0.25, -0.2) is 0 Å². The Morgan fingerprint density at radius 3 is 2.56 bits per heavy atom. The van der Waals surface area contributed by atoms with Crippen LogP contribution in [0.15, 0.2) is 22.9 Å². The molecular formula is C20H27N3O3S. The van der Waals surface area contributed by atoms with E-state index in [1.54, 1.807) is 20.0 Å². The second kappa shape index (κ2) is 8.99. The molecule has 7 heteroatoms. The summed E-state index contributed by atoms with van der Waals surface area (Å²) < 4.78 is 1.85. The number of hydrogen-bond donors (Lipinski definition) is 1. The molecule has 27 heavy (non-hydrogen) atoms. The van der Waals surface area contributed by atoms with Crippen LogP contribution in [0.1, 0.15) is 52.4 Å². The van der Waals surface area contributed by atoms with Crippen LogP contribution in [0.5, 0.6) is 0 Å². The summed E-state index contributed by atoms with van der Waals surface area (Å²) >= 11 is 1.54. The number of primary amides is 1. The topological polar surface area (TPSA) is 85.4 Å². The smallest absolute Gasteiger partial charge is 0.250 e. The lowest BCUT2D eigenvalue weighted by molar-refractivity contribution is -0.128. The highest BCUT2D eigenvalue weighted by atomic mass is 32.1. The summed E-state index contributed by atoms with van der Waals surface area (Å²) in [4.78, 5) is 38.3. The molecule has 0 fully saturated rings. The molecule has 0 aliphatic rings. The average Bonchev–Trinajstić information content (AvgIpc) is 3.20. The van der Waals surface area contributed by atoms with Crippen molar-refractivity contribution in [3.8, 4) is 0 Å². The van der Waals surface area contributed by atoms with E-state index < -0.39 is 5.91 Å². The number of amides is 2. The van der Waals surface area contributed by atoms with Gasteiger partial charge in [0.05, 0.1) is 24.2 Å². The third kappa shape index (κ3) is 5.29. The first-order valence-corrected chi connectivity index (χ1v) is 9.93. The van der Waals surface area contributed by atoms with Crippen molar-refractivity contribution in [1.29, 1.82) is 0 Å². The van der Waals surface area contributed by atoms with Crippen molar-refractivity contribution in [3.63, 3.8) is 0 Å². The molecule has 0 radical (unpaired) electrons. The fourth-order valence-electron chi connectivity index (χ4n) is 2.89. The Morgan fingerprint density at radius 2 is 2.00 bits per heavy atom. The Labute approximate surface area is 164 Å². The Balaban J connectivity index is 2.17. The van der Waals surface area contributed by atoms with Crippen molar-refractivity contribution in [1.82, 2.24) is 9.47 Å². The van der Waals surface area contributed by atoms with Gasteiger partial charge in [-0.2, -0.15) is 11.3 Å². The molecule has 2 rings (SSSR count). The highest BCUT2D eigenvalue weighted by Crippen LogP contribution is 2.18. The summed E-state index contributed by atoms with van der Waals surface area (Å²) in [5, 5.41) is 3.84. The zero-order valence-electron chi connectivity index (χ0n) is 16.3. The Hall–Kier alpha value is -2.41. The Morgan fingerprint density at radius 1 is 1.30 bits per heavy atom. The second-order valence-electron chi connectivity index (χ2n) is 7.21. The first-order valence-electron chi connectivity index (χ1n) is 8.98. The zero-order valence-corrected chi connectivity index (χ0v) is 17.1. The van der Waals surface area contributed by atoms with Crippen molar-refractivity contribution in [2.75, 3.05) is 13.6 Å². The number of carbonyl (C=O) groups excluding carboxylic acids is 3. The SMILES string of the molecule is Cc1c(C(N)=O)cc(C(=O)CN(C)C(=O)Cc2ccsc2)n1CCC(C)C. The van der Waals surface area contributed by atoms with Crippen molar-refractivity contribution >= 4 is 28.9 Å². The molecule has 0 aliphatic heterocycles. The molecule has 0 saturated carbocycles. The number of likely N-dealkylation sites (N-methyl/N-ethyl adjacent to an activating group) is 1. The van der Waals surface area contributed by atoms with Crippen LogP contribution in [-0.4, -0.2) is 40.7 Å². The maximum absolute atomic E-state index is 12.9. The minimum atomic E-state index is -0.549. The number of hydrogen-bond acceptors (Lipinski definition) is 4. The largest absolute Gasteiger partial charge is 0.366 e. The van der Waals surface area contributed by atoms with Gasteiger partial charge in [0.25, 0.3) is 5.91 Å². The molecule has 146 valence electrons. The number of ketones is 1. The summed E-state index contributed by atoms with van der Waals surface area (Å²) in [5.41, 5.74) is 7.87. The molecule has 0 bridgehead atoms. The van der Waals surface area contributed by atoms with E-state index in [-0.39, 0.29) is 24.7 Å². The second-order valence-corrected chi connectivity index (χ2v) is 7.99. The number of rotatable bonds is 9. The molecule has 0 aliphatic carbocycles. The van der Waals surface area contributed by atoms with Crippen LogP contribution < -0.4 is 5.73 Å². The van der Waals surface area contributed by atoms with Gasteiger partial charge >= 0.3 is 0 Å². The summed E-state index contributed by atoms with van der Waals surface area (Å²) in [6.07, 6.45) is 1.15. The van der Waals surface area contributed by atoms with Crippen molar-refractivity contribution in [2.24, 2.45) is 11.7 Å². The zero-order chi connectivity index (χ0) is 20.1. The number of nitrogens with zero attached hydrogens (tertiary/aromatic N) is 2. The summed E-state index contributed by atoms with van der Waals surface area (Å²) in [6.45, 7) is 6.60. The van der Waals surface area contributed by atoms with E-state index in [4.69, 9.17) is 5.73 Å². The molecule has 0 atom stereocenters. The Kier molecular flexibility index (Phi) is 6.96. The number of nitrogens with two attached hydrogens (primary N) is 1. The number of Topliss-reactive ketones (excluding diaryl/α,β-unsaturated/α-hetero) is 1. The van der Waals surface area contributed by atoms with Gasteiger partial charge in [0.15, 0.2) is 5.78 Å². The van der Waals surface area contributed by atoms with E-state index in [1.165, 1.54) is 16.2 Å². The summed E-state index contributed by atoms with van der Waals surface area (Å²) in [7, 11) is 1.62. The first kappa shape index (κ1) is 20.9. The molecule has 0 spiro atoms. The van der Waals surface area contributed by atoms with Crippen LogP contribution in [0.4, 0.5) is 0 Å². The lowest BCUT2D eigenvalue weighted by Crippen LogP contribution is -2.34. The molecule has 2 aromatic heterocycles. The fourth-order valence-corrected chi connectivity index (χ4v) is 3.56. The fraction of sp³-hybridized carbons (Fsp3) is 0.450. The van der Waals surface area contributed by atoms with Crippen LogP contribution in [-0.2, 0) is 17.8 Å². The molecule has 2 amide bonds. The quantitative estimate of drug-likeness (QED) is 0.669. The molecule has 0 aromatic carbocycles. The minimum absolute atomic E-state index is 0.0354. The van der Waals surface area contributed by atoms with Crippen LogP contribution in [0.25, 0.3) is 0 Å². The molecule has 2 N–H and O–H groups in total. The predicted octanol–water partition coefficient (Wildman–Crippen LogP) is 2.89. The van der Waals surface area contributed by atoms with Gasteiger partial charge in [-0.05, 0) is 47.7 Å². The van der Waals surface area contributed by atoms with E-state index in [1.807, 2.05) is 21.4 Å². The average molecular weight is 390 g/mol. The third-order valence-corrected chi connectivity index (χ3v) is 5.32. The Bertz CT molecular complexity index is 822. The van der Waals surface area contributed by atoms with Crippen molar-refractivity contribution < 1.29 is 14.4 Å². The minimum Gasteiger partial charge on any atom is -0.366 e. The third-order valence-electron chi connectivity index (χ3n) is 4.59. The van der Waals surface area contributed by atoms with Crippen molar-refractivity contribution in [3.05, 3.63) is 45.4 Å². The van der Waals surface area contributed by atoms with Gasteiger partial charge in [0.1, 0.15) is 0 Å². The van der Waals surface area contributed by atoms with E-state index in [0.717, 1.165) is 12.0 Å². The molecule has 0 saturated heterocycles. The van der Waals surface area contributed by atoms with Crippen LogP contribution in [0.2, 0.25) is 0 Å². The lowest BCUT2D eigenvalue weighted by Gasteiger charge is -2.18. The van der Waals surface area contributed by atoms with Gasteiger partial charge in [-0.15, -0.1) is 0 Å². The van der Waals surface area contributed by atoms with Gasteiger partial charge in [-0.3, -0.25) is 14.4 Å². The lowest BCUT2D eigenvalue weighted by atomic mass is 10.1. The molecule has 2 aromatic rings. The van der Waals surface area contributed by atoms with Crippen molar-refractivity contribution in [2.45, 2.75) is 40.2 Å². The monoisotopic (exact) mass is 389 g/mol. The predicted molar refractivity (Wildman–Crippen MR) is 107 cm³/mol. The number of thiophene rings is 1. The van der Waals surface area contributed by atoms with E-state index in [2.05, 4.69) is 13.8 Å². The van der Waals surface area contributed by atoms with E-state index >= 15 is 0 Å². The van der Waals surface area contributed by atoms with Gasteiger partial charge in [0, 0.05) is 19.3 Å². The van der Waals surface area contributed by atoms with Crippen LogP contribution in [0, 0.1) is 12.8 Å². The van der Waals surface area contributed by atoms with Gasteiger partial charge < -0.3 is 15.2 Å². The molecular weight excluding hydrogens is 362 g/mol. The van der Waals surface area contributed by atoms with Gasteiger partial charge in [0.2, 0.25) is 5.91 Å². The molecule has 6 nitrogen and oxygen atoms in total. The maximum atomic E-state index is 12.9. The molecule has 2 heterocycles. The number of carbonyl (C=O) groups is 3. The van der Waals surface area contributed by atoms with Crippen LogP contribution in [0.3, 0.4) is 0 Å². The van der Waals surface area contributed by atoms with Gasteiger partial charge in [-0.1, -0.05) is 13.8 Å².